The molecule has 0 N–H and O–H groups in total. The highest BCUT2D eigenvalue weighted by molar-refractivity contribution is 5.83. The lowest BCUT2D eigenvalue weighted by molar-refractivity contribution is -0.254. The van der Waals surface area contributed by atoms with E-state index in [2.05, 4.69) is 27.7 Å². The van der Waals surface area contributed by atoms with Gasteiger partial charge in [-0.2, -0.15) is 0 Å². The van der Waals surface area contributed by atoms with E-state index in [-0.39, 0.29) is 22.5 Å². The maximum absolute atomic E-state index is 13.5. The lowest BCUT2D eigenvalue weighted by Crippen LogP contribution is -2.60. The van der Waals surface area contributed by atoms with Crippen molar-refractivity contribution in [1.29, 1.82) is 0 Å². The van der Waals surface area contributed by atoms with Crippen LogP contribution in [-0.2, 0) is 23.7 Å². The van der Waals surface area contributed by atoms with Crippen LogP contribution in [-0.4, -0.2) is 43.8 Å². The molecule has 2 spiro atoms. The van der Waals surface area contributed by atoms with Gasteiger partial charge in [-0.25, -0.2) is 0 Å². The number of carbonyl (C=O) groups excluding carboxylic acids is 1. The van der Waals surface area contributed by atoms with Crippen molar-refractivity contribution in [3.63, 3.8) is 0 Å². The molecular weight excluding hydrogens is 392 g/mol. The van der Waals surface area contributed by atoms with Crippen LogP contribution < -0.4 is 0 Å². The van der Waals surface area contributed by atoms with Gasteiger partial charge in [-0.05, 0) is 48.9 Å². The maximum atomic E-state index is 13.5. The molecule has 0 aromatic heterocycles. The Morgan fingerprint density at radius 2 is 1.45 bits per heavy atom. The third kappa shape index (κ3) is 3.13. The number of ketones is 1. The molecule has 0 aromatic carbocycles. The highest BCUT2D eigenvalue weighted by Gasteiger charge is 2.69. The number of Topliss-reactive ketones (excluding diaryl/α,β-unsaturated/α-hetero) is 1. The average Bonchev–Trinajstić information content (AvgIpc) is 3.46. The zero-order chi connectivity index (χ0) is 21.9. The van der Waals surface area contributed by atoms with E-state index in [1.54, 1.807) is 0 Å². The van der Waals surface area contributed by atoms with Crippen LogP contribution in [0.2, 0.25) is 0 Å². The van der Waals surface area contributed by atoms with Crippen LogP contribution in [0.5, 0.6) is 0 Å². The summed E-state index contributed by atoms with van der Waals surface area (Å²) in [6.45, 7) is 11.8. The van der Waals surface area contributed by atoms with Crippen LogP contribution in [0.15, 0.2) is 0 Å². The highest BCUT2D eigenvalue weighted by atomic mass is 16.7. The molecule has 2 aliphatic heterocycles. The molecule has 6 atom stereocenters. The molecule has 6 rings (SSSR count). The smallest absolute Gasteiger partial charge is 0.174 e. The van der Waals surface area contributed by atoms with Gasteiger partial charge < -0.3 is 18.9 Å². The van der Waals surface area contributed by atoms with Crippen LogP contribution in [0, 0.1) is 34.5 Å². The molecule has 0 bridgehead atoms. The number of hydrogen-bond donors (Lipinski definition) is 0. The second-order valence-corrected chi connectivity index (χ2v) is 11.6. The summed E-state index contributed by atoms with van der Waals surface area (Å²) >= 11 is 0. The van der Waals surface area contributed by atoms with Gasteiger partial charge in [-0.3, -0.25) is 4.79 Å². The molecule has 4 saturated carbocycles. The van der Waals surface area contributed by atoms with Gasteiger partial charge in [0.05, 0.1) is 26.4 Å². The standard InChI is InChI=1S/C23H34O5.C3H8/c1-20-7-8-22(25-9-10-26-22)14-18(20)19(24)13-15-16(20)3-5-21(2)17(15)4-6-23(21)27-11-12-28-23;1-3-2/h15-18H,3-14H2,1-2H3;3H2,1-2H3/t15?,16?,17?,18-,20-,21+;/m1./s1. The van der Waals surface area contributed by atoms with E-state index < -0.39 is 5.79 Å². The van der Waals surface area contributed by atoms with E-state index >= 15 is 0 Å². The lowest BCUT2D eigenvalue weighted by Gasteiger charge is -2.61. The molecule has 31 heavy (non-hydrogen) atoms. The number of hydrogen-bond acceptors (Lipinski definition) is 5. The summed E-state index contributed by atoms with van der Waals surface area (Å²) in [6, 6.07) is 0. The fourth-order valence-corrected chi connectivity index (χ4v) is 8.62. The normalized spacial score (nSPS) is 46.9. The van der Waals surface area contributed by atoms with Crippen molar-refractivity contribution in [2.45, 2.75) is 97.1 Å². The number of ether oxygens (including phenoxy) is 4. The predicted octanol–water partition coefficient (Wildman–Crippen LogP) is 5.11. The molecule has 2 saturated heterocycles. The van der Waals surface area contributed by atoms with Crippen molar-refractivity contribution in [3.05, 3.63) is 0 Å². The summed E-state index contributed by atoms with van der Waals surface area (Å²) in [5.74, 6) is 1.35. The Hall–Kier alpha value is -0.490. The van der Waals surface area contributed by atoms with Gasteiger partial charge in [0, 0.05) is 37.0 Å². The maximum Gasteiger partial charge on any atom is 0.174 e. The molecule has 5 nitrogen and oxygen atoms in total. The Morgan fingerprint density at radius 3 is 2.13 bits per heavy atom. The van der Waals surface area contributed by atoms with Gasteiger partial charge >= 0.3 is 0 Å². The van der Waals surface area contributed by atoms with Crippen LogP contribution in [0.25, 0.3) is 0 Å². The molecule has 5 heteroatoms. The third-order valence-electron chi connectivity index (χ3n) is 10.1. The lowest BCUT2D eigenvalue weighted by atomic mass is 9.44. The summed E-state index contributed by atoms with van der Waals surface area (Å²) in [6.07, 6.45) is 9.23. The van der Waals surface area contributed by atoms with E-state index in [1.807, 2.05) is 0 Å². The molecule has 6 aliphatic rings. The van der Waals surface area contributed by atoms with Crippen molar-refractivity contribution in [2.75, 3.05) is 26.4 Å². The van der Waals surface area contributed by atoms with E-state index in [1.165, 1.54) is 12.8 Å². The van der Waals surface area contributed by atoms with E-state index in [0.29, 0.717) is 36.8 Å². The minimum absolute atomic E-state index is 0.0572. The zero-order valence-corrected chi connectivity index (χ0v) is 20.0. The van der Waals surface area contributed by atoms with Crippen LogP contribution in [0.1, 0.15) is 85.5 Å². The fourth-order valence-electron chi connectivity index (χ4n) is 8.62. The molecular formula is C26H42O5. The first-order chi connectivity index (χ1) is 14.8. The van der Waals surface area contributed by atoms with Crippen molar-refractivity contribution in [3.8, 4) is 0 Å². The van der Waals surface area contributed by atoms with Crippen LogP contribution >= 0.6 is 0 Å². The van der Waals surface area contributed by atoms with Gasteiger partial charge in [0.15, 0.2) is 11.6 Å². The third-order valence-corrected chi connectivity index (χ3v) is 10.1. The van der Waals surface area contributed by atoms with Gasteiger partial charge in [-0.1, -0.05) is 34.1 Å². The number of rotatable bonds is 0. The monoisotopic (exact) mass is 434 g/mol. The molecule has 2 heterocycles. The molecule has 3 unspecified atom stereocenters. The van der Waals surface area contributed by atoms with Crippen molar-refractivity contribution in [1.82, 2.24) is 0 Å². The fraction of sp³-hybridized carbons (Fsp3) is 0.962. The summed E-state index contributed by atoms with van der Waals surface area (Å²) < 4.78 is 24.5. The molecule has 4 aliphatic carbocycles. The average molecular weight is 435 g/mol. The topological polar surface area (TPSA) is 54.0 Å². The first-order valence-electron chi connectivity index (χ1n) is 12.9. The SMILES string of the molecule is CCC.C[C@]12CCC3C(CC(=O)[C@H]4CC5(CC[C@]34C)OCCO5)C1CCC21OCCO1. The molecule has 0 radical (unpaired) electrons. The molecule has 6 fully saturated rings. The van der Waals surface area contributed by atoms with E-state index in [9.17, 15) is 4.79 Å². The predicted molar refractivity (Wildman–Crippen MR) is 117 cm³/mol. The minimum Gasteiger partial charge on any atom is -0.348 e. The molecule has 0 aromatic rings. The second kappa shape index (κ2) is 7.78. The summed E-state index contributed by atoms with van der Waals surface area (Å²) in [7, 11) is 0. The Balaban J connectivity index is 0.000000646. The second-order valence-electron chi connectivity index (χ2n) is 11.6. The van der Waals surface area contributed by atoms with E-state index in [0.717, 1.165) is 58.2 Å². The molecule has 176 valence electrons. The largest absolute Gasteiger partial charge is 0.348 e. The summed E-state index contributed by atoms with van der Waals surface area (Å²) in [5, 5.41) is 0. The summed E-state index contributed by atoms with van der Waals surface area (Å²) in [5.41, 5.74) is 0.150. The Labute approximate surface area is 187 Å². The minimum atomic E-state index is -0.473. The number of carbonyl (C=O) groups is 1. The van der Waals surface area contributed by atoms with Crippen LogP contribution in [0.3, 0.4) is 0 Å². The Morgan fingerprint density at radius 1 is 0.839 bits per heavy atom. The Bertz CT molecular complexity index is 694. The van der Waals surface area contributed by atoms with Crippen molar-refractivity contribution in [2.24, 2.45) is 34.5 Å². The highest BCUT2D eigenvalue weighted by Crippen LogP contribution is 2.69. The van der Waals surface area contributed by atoms with Gasteiger partial charge in [0.25, 0.3) is 0 Å². The first kappa shape index (κ1) is 22.3. The summed E-state index contributed by atoms with van der Waals surface area (Å²) in [4.78, 5) is 13.5. The van der Waals surface area contributed by atoms with Gasteiger partial charge in [0.1, 0.15) is 5.78 Å². The Kier molecular flexibility index (Phi) is 5.60. The van der Waals surface area contributed by atoms with Crippen LogP contribution in [0.4, 0.5) is 0 Å². The molecule has 0 amide bonds. The zero-order valence-electron chi connectivity index (χ0n) is 20.0. The van der Waals surface area contributed by atoms with Crippen molar-refractivity contribution >= 4 is 5.78 Å². The number of fused-ring (bicyclic) bond motifs is 6. The van der Waals surface area contributed by atoms with Crippen molar-refractivity contribution < 1.29 is 23.7 Å². The van der Waals surface area contributed by atoms with Gasteiger partial charge in [-0.15, -0.1) is 0 Å². The van der Waals surface area contributed by atoms with E-state index in [4.69, 9.17) is 18.9 Å². The quantitative estimate of drug-likeness (QED) is 0.530. The first-order valence-corrected chi connectivity index (χ1v) is 12.9. The van der Waals surface area contributed by atoms with Gasteiger partial charge in [0.2, 0.25) is 0 Å².